The van der Waals surface area contributed by atoms with Crippen molar-refractivity contribution < 1.29 is 14.5 Å². The third-order valence-electron chi connectivity index (χ3n) is 1.98. The Morgan fingerprint density at radius 1 is 1.56 bits per heavy atom. The topological polar surface area (TPSA) is 93.8 Å². The molecule has 1 rings (SSSR count). The van der Waals surface area contributed by atoms with Gasteiger partial charge in [0.15, 0.2) is 0 Å². The van der Waals surface area contributed by atoms with Gasteiger partial charge >= 0.3 is 5.97 Å². The lowest BCUT2D eigenvalue weighted by Crippen LogP contribution is -2.15. The molecule has 0 saturated heterocycles. The highest BCUT2D eigenvalue weighted by atomic mass is 16.6. The summed E-state index contributed by atoms with van der Waals surface area (Å²) in [5.74, 6) is -0.532. The van der Waals surface area contributed by atoms with Crippen LogP contribution >= 0.6 is 0 Å². The maximum Gasteiger partial charge on any atom is 0.354 e. The number of nitrogens with one attached hydrogen (secondary N) is 1. The molecule has 7 heteroatoms. The van der Waals surface area contributed by atoms with Gasteiger partial charge in [-0.15, -0.1) is 0 Å². The molecule has 0 unspecified atom stereocenters. The zero-order chi connectivity index (χ0) is 13.5. The fraction of sp³-hybridized carbons (Fsp3) is 0.273. The van der Waals surface area contributed by atoms with Gasteiger partial charge in [0.05, 0.1) is 17.2 Å². The Labute approximate surface area is 104 Å². The van der Waals surface area contributed by atoms with Gasteiger partial charge < -0.3 is 4.74 Å². The molecule has 1 N–H and O–H groups in total. The van der Waals surface area contributed by atoms with Crippen LogP contribution in [0.2, 0.25) is 0 Å². The van der Waals surface area contributed by atoms with Crippen molar-refractivity contribution in [1.29, 1.82) is 0 Å². The fourth-order valence-electron chi connectivity index (χ4n) is 1.12. The van der Waals surface area contributed by atoms with E-state index in [2.05, 4.69) is 10.5 Å². The number of carbonyl (C=O) groups is 1. The third kappa shape index (κ3) is 3.85. The predicted octanol–water partition coefficient (Wildman–Crippen LogP) is 1.95. The first-order chi connectivity index (χ1) is 8.54. The molecule has 0 heterocycles. The number of benzene rings is 1. The van der Waals surface area contributed by atoms with Gasteiger partial charge in [-0.25, -0.2) is 4.79 Å². The van der Waals surface area contributed by atoms with Gasteiger partial charge in [-0.1, -0.05) is 6.07 Å². The van der Waals surface area contributed by atoms with Gasteiger partial charge in [0.1, 0.15) is 5.71 Å². The molecule has 18 heavy (non-hydrogen) atoms. The van der Waals surface area contributed by atoms with Gasteiger partial charge in [-0.05, 0) is 19.9 Å². The maximum absolute atomic E-state index is 11.2. The van der Waals surface area contributed by atoms with Gasteiger partial charge in [0.2, 0.25) is 0 Å². The normalized spacial score (nSPS) is 10.9. The predicted molar refractivity (Wildman–Crippen MR) is 66.5 cm³/mol. The molecule has 1 aromatic rings. The van der Waals surface area contributed by atoms with E-state index in [0.717, 1.165) is 0 Å². The van der Waals surface area contributed by atoms with E-state index in [-0.39, 0.29) is 18.0 Å². The second kappa shape index (κ2) is 6.33. The Balaban J connectivity index is 2.73. The van der Waals surface area contributed by atoms with Crippen LogP contribution in [0.15, 0.2) is 29.4 Å². The molecule has 0 saturated carbocycles. The Bertz CT molecular complexity index is 485. The number of hydrazone groups is 1. The molecule has 0 spiro atoms. The average Bonchev–Trinajstić information content (AvgIpc) is 2.36. The van der Waals surface area contributed by atoms with E-state index in [1.807, 2.05) is 0 Å². The number of hydrogen-bond donors (Lipinski definition) is 1. The largest absolute Gasteiger partial charge is 0.461 e. The van der Waals surface area contributed by atoms with Gasteiger partial charge in [-0.3, -0.25) is 15.5 Å². The Morgan fingerprint density at radius 2 is 2.28 bits per heavy atom. The smallest absolute Gasteiger partial charge is 0.354 e. The number of esters is 1. The summed E-state index contributed by atoms with van der Waals surface area (Å²) in [6.07, 6.45) is 0. The van der Waals surface area contributed by atoms with E-state index in [1.165, 1.54) is 25.1 Å². The lowest BCUT2D eigenvalue weighted by molar-refractivity contribution is -0.384. The maximum atomic E-state index is 11.2. The zero-order valence-electron chi connectivity index (χ0n) is 10.0. The quantitative estimate of drug-likeness (QED) is 0.373. The summed E-state index contributed by atoms with van der Waals surface area (Å²) in [4.78, 5) is 21.3. The molecule has 96 valence electrons. The summed E-state index contributed by atoms with van der Waals surface area (Å²) in [5.41, 5.74) is 3.08. The number of hydrogen-bond acceptors (Lipinski definition) is 6. The van der Waals surface area contributed by atoms with Crippen molar-refractivity contribution in [2.45, 2.75) is 13.8 Å². The number of rotatable bonds is 5. The number of carbonyl (C=O) groups excluding carboxylic acids is 1. The van der Waals surface area contributed by atoms with Crippen molar-refractivity contribution in [3.63, 3.8) is 0 Å². The van der Waals surface area contributed by atoms with Crippen LogP contribution in [0.5, 0.6) is 0 Å². The van der Waals surface area contributed by atoms with E-state index in [1.54, 1.807) is 13.0 Å². The van der Waals surface area contributed by atoms with Gasteiger partial charge in [0, 0.05) is 12.1 Å². The van der Waals surface area contributed by atoms with E-state index in [0.29, 0.717) is 5.69 Å². The van der Waals surface area contributed by atoms with Crippen molar-refractivity contribution >= 4 is 23.1 Å². The van der Waals surface area contributed by atoms with E-state index < -0.39 is 10.9 Å². The standard InChI is InChI=1S/C11H13N3O4/c1-3-18-11(15)8(2)12-13-9-5-4-6-10(7-9)14(16)17/h4-7,13H,3H2,1-2H3/b12-8-. The van der Waals surface area contributed by atoms with Crippen LogP contribution in [-0.4, -0.2) is 23.2 Å². The monoisotopic (exact) mass is 251 g/mol. The second-order valence-electron chi connectivity index (χ2n) is 3.34. The highest BCUT2D eigenvalue weighted by molar-refractivity contribution is 6.35. The van der Waals surface area contributed by atoms with E-state index in [4.69, 9.17) is 4.74 Å². The van der Waals surface area contributed by atoms with Crippen molar-refractivity contribution in [3.05, 3.63) is 34.4 Å². The molecule has 0 aliphatic heterocycles. The summed E-state index contributed by atoms with van der Waals surface area (Å²) >= 11 is 0. The molecule has 0 aliphatic carbocycles. The zero-order valence-corrected chi connectivity index (χ0v) is 10.0. The highest BCUT2D eigenvalue weighted by Gasteiger charge is 2.07. The van der Waals surface area contributed by atoms with Gasteiger partial charge in [0.25, 0.3) is 5.69 Å². The van der Waals surface area contributed by atoms with E-state index >= 15 is 0 Å². The molecule has 0 amide bonds. The number of ether oxygens (including phenoxy) is 1. The van der Waals surface area contributed by atoms with Crippen LogP contribution < -0.4 is 5.43 Å². The lowest BCUT2D eigenvalue weighted by atomic mass is 10.3. The van der Waals surface area contributed by atoms with Crippen LogP contribution in [0.25, 0.3) is 0 Å². The molecule has 0 bridgehead atoms. The van der Waals surface area contributed by atoms with Crippen molar-refractivity contribution in [1.82, 2.24) is 0 Å². The van der Waals surface area contributed by atoms with E-state index in [9.17, 15) is 14.9 Å². The Morgan fingerprint density at radius 3 is 2.89 bits per heavy atom. The van der Waals surface area contributed by atoms with Crippen molar-refractivity contribution in [2.75, 3.05) is 12.0 Å². The third-order valence-corrected chi connectivity index (χ3v) is 1.98. The summed E-state index contributed by atoms with van der Waals surface area (Å²) in [7, 11) is 0. The average molecular weight is 251 g/mol. The minimum absolute atomic E-state index is 0.0519. The fourth-order valence-corrected chi connectivity index (χ4v) is 1.12. The van der Waals surface area contributed by atoms with Crippen LogP contribution in [0.1, 0.15) is 13.8 Å². The van der Waals surface area contributed by atoms with Crippen LogP contribution in [0, 0.1) is 10.1 Å². The van der Waals surface area contributed by atoms with Gasteiger partial charge in [-0.2, -0.15) is 5.10 Å². The summed E-state index contributed by atoms with van der Waals surface area (Å²) < 4.78 is 4.74. The lowest BCUT2D eigenvalue weighted by Gasteiger charge is -2.03. The van der Waals surface area contributed by atoms with Crippen molar-refractivity contribution in [3.8, 4) is 0 Å². The number of nitro benzene ring substituents is 1. The van der Waals surface area contributed by atoms with Crippen LogP contribution in [0.4, 0.5) is 11.4 Å². The van der Waals surface area contributed by atoms with Crippen LogP contribution in [-0.2, 0) is 9.53 Å². The molecule has 0 aliphatic rings. The second-order valence-corrected chi connectivity index (χ2v) is 3.34. The minimum Gasteiger partial charge on any atom is -0.461 e. The number of nitro groups is 1. The molecular weight excluding hydrogens is 238 g/mol. The number of anilines is 1. The van der Waals surface area contributed by atoms with Crippen LogP contribution in [0.3, 0.4) is 0 Å². The Kier molecular flexibility index (Phi) is 4.79. The molecule has 0 fully saturated rings. The molecule has 0 atom stereocenters. The summed E-state index contributed by atoms with van der Waals surface area (Å²) in [6, 6.07) is 5.82. The SMILES string of the molecule is CCOC(=O)/C(C)=N\Nc1cccc([N+](=O)[O-])c1. The molecule has 1 aromatic carbocycles. The minimum atomic E-state index is -0.532. The first kappa shape index (κ1) is 13.6. The highest BCUT2D eigenvalue weighted by Crippen LogP contribution is 2.16. The number of nitrogens with zero attached hydrogens (tertiary/aromatic N) is 2. The first-order valence-corrected chi connectivity index (χ1v) is 5.26. The number of non-ortho nitro benzene ring substituents is 1. The molecular formula is C11H13N3O4. The molecule has 7 nitrogen and oxygen atoms in total. The van der Waals surface area contributed by atoms with Crippen molar-refractivity contribution in [2.24, 2.45) is 5.10 Å². The molecule has 0 radical (unpaired) electrons. The summed E-state index contributed by atoms with van der Waals surface area (Å²) in [6.45, 7) is 3.45. The molecule has 0 aromatic heterocycles. The summed E-state index contributed by atoms with van der Waals surface area (Å²) in [5, 5.41) is 14.3. The first-order valence-electron chi connectivity index (χ1n) is 5.26. The Hall–Kier alpha value is -2.44.